The molecule has 3 aromatic rings. The first-order valence-electron chi connectivity index (χ1n) is 7.78. The maximum atomic E-state index is 12.3. The summed E-state index contributed by atoms with van der Waals surface area (Å²) in [5.74, 6) is 0. The molecule has 4 heteroatoms. The van der Waals surface area contributed by atoms with Gasteiger partial charge in [-0.1, -0.05) is 66.7 Å². The normalized spacial score (nSPS) is 13.4. The van der Waals surface area contributed by atoms with Gasteiger partial charge in [-0.15, -0.1) is 0 Å². The summed E-state index contributed by atoms with van der Waals surface area (Å²) in [6, 6.07) is 23.1. The molecule has 3 nitrogen and oxygen atoms in total. The number of hydrogen-bond acceptors (Lipinski definition) is 2. The topological polar surface area (TPSA) is 46.2 Å². The molecule has 1 atom stereocenters. The number of nitrogens with one attached hydrogen (secondary N) is 1. The monoisotopic (exact) mass is 337 g/mol. The van der Waals surface area contributed by atoms with Gasteiger partial charge in [0.2, 0.25) is 10.0 Å². The van der Waals surface area contributed by atoms with Gasteiger partial charge in [0.1, 0.15) is 0 Å². The lowest BCUT2D eigenvalue weighted by atomic mass is 10.0. The van der Waals surface area contributed by atoms with Crippen molar-refractivity contribution in [1.29, 1.82) is 0 Å². The highest BCUT2D eigenvalue weighted by molar-refractivity contribution is 7.92. The highest BCUT2D eigenvalue weighted by Crippen LogP contribution is 2.21. The van der Waals surface area contributed by atoms with E-state index in [0.29, 0.717) is 0 Å². The number of benzene rings is 3. The van der Waals surface area contributed by atoms with Gasteiger partial charge in [-0.05, 0) is 41.0 Å². The molecule has 0 fully saturated rings. The molecule has 0 heterocycles. The fourth-order valence-corrected chi connectivity index (χ4v) is 3.61. The van der Waals surface area contributed by atoms with Crippen LogP contribution in [0.1, 0.15) is 24.1 Å². The summed E-state index contributed by atoms with van der Waals surface area (Å²) >= 11 is 0. The molecule has 0 saturated heterocycles. The Labute approximate surface area is 142 Å². The van der Waals surface area contributed by atoms with Gasteiger partial charge in [0.05, 0.1) is 0 Å². The van der Waals surface area contributed by atoms with E-state index in [0.717, 1.165) is 21.9 Å². The fraction of sp³-hybridized carbons (Fsp3) is 0.100. The third kappa shape index (κ3) is 4.10. The SMILES string of the molecule is CC(NS(=O)(=O)C=Cc1ccccc1)c1ccc2ccccc2c1. The third-order valence-electron chi connectivity index (χ3n) is 3.85. The van der Waals surface area contributed by atoms with Gasteiger partial charge in [0.25, 0.3) is 0 Å². The van der Waals surface area contributed by atoms with E-state index >= 15 is 0 Å². The lowest BCUT2D eigenvalue weighted by Crippen LogP contribution is -2.24. The van der Waals surface area contributed by atoms with Crippen LogP contribution in [0.15, 0.2) is 78.2 Å². The van der Waals surface area contributed by atoms with E-state index in [9.17, 15) is 8.42 Å². The van der Waals surface area contributed by atoms with Crippen LogP contribution in [0.25, 0.3) is 16.8 Å². The molecule has 0 bridgehead atoms. The van der Waals surface area contributed by atoms with E-state index < -0.39 is 10.0 Å². The second-order valence-corrected chi connectivity index (χ2v) is 7.30. The van der Waals surface area contributed by atoms with Crippen molar-refractivity contribution in [1.82, 2.24) is 4.72 Å². The van der Waals surface area contributed by atoms with Crippen molar-refractivity contribution in [2.75, 3.05) is 0 Å². The van der Waals surface area contributed by atoms with Crippen molar-refractivity contribution < 1.29 is 8.42 Å². The lowest BCUT2D eigenvalue weighted by molar-refractivity contribution is 0.576. The Bertz CT molecular complexity index is 963. The van der Waals surface area contributed by atoms with Crippen LogP contribution in [0.5, 0.6) is 0 Å². The molecule has 3 rings (SSSR count). The van der Waals surface area contributed by atoms with Crippen molar-refractivity contribution in [2.45, 2.75) is 13.0 Å². The van der Waals surface area contributed by atoms with Gasteiger partial charge in [-0.2, -0.15) is 0 Å². The molecule has 0 aliphatic rings. The van der Waals surface area contributed by atoms with E-state index in [1.54, 1.807) is 6.08 Å². The minimum Gasteiger partial charge on any atom is -0.208 e. The van der Waals surface area contributed by atoms with Gasteiger partial charge < -0.3 is 0 Å². The van der Waals surface area contributed by atoms with Crippen LogP contribution in [0.2, 0.25) is 0 Å². The average molecular weight is 337 g/mol. The van der Waals surface area contributed by atoms with Crippen LogP contribution < -0.4 is 4.72 Å². The maximum absolute atomic E-state index is 12.3. The van der Waals surface area contributed by atoms with Gasteiger partial charge in [-0.25, -0.2) is 13.1 Å². The molecule has 3 aromatic carbocycles. The van der Waals surface area contributed by atoms with E-state index in [2.05, 4.69) is 4.72 Å². The fourth-order valence-electron chi connectivity index (χ4n) is 2.56. The predicted molar refractivity (Wildman–Crippen MR) is 99.9 cm³/mol. The molecule has 122 valence electrons. The van der Waals surface area contributed by atoms with Crippen LogP contribution in [0, 0.1) is 0 Å². The Hall–Kier alpha value is -2.43. The van der Waals surface area contributed by atoms with E-state index in [1.165, 1.54) is 5.41 Å². The summed E-state index contributed by atoms with van der Waals surface area (Å²) in [4.78, 5) is 0. The van der Waals surface area contributed by atoms with Crippen LogP contribution in [0.4, 0.5) is 0 Å². The number of hydrogen-bond donors (Lipinski definition) is 1. The number of sulfonamides is 1. The van der Waals surface area contributed by atoms with Gasteiger partial charge >= 0.3 is 0 Å². The van der Waals surface area contributed by atoms with E-state index in [1.807, 2.05) is 79.7 Å². The number of rotatable bonds is 5. The first-order chi connectivity index (χ1) is 11.5. The van der Waals surface area contributed by atoms with Crippen molar-refractivity contribution in [3.05, 3.63) is 89.3 Å². The van der Waals surface area contributed by atoms with Crippen LogP contribution >= 0.6 is 0 Å². The van der Waals surface area contributed by atoms with Crippen molar-refractivity contribution in [3.8, 4) is 0 Å². The van der Waals surface area contributed by atoms with Gasteiger partial charge in [-0.3, -0.25) is 0 Å². The molecule has 0 aromatic heterocycles. The smallest absolute Gasteiger partial charge is 0.208 e. The minimum absolute atomic E-state index is 0.306. The first kappa shape index (κ1) is 16.4. The summed E-state index contributed by atoms with van der Waals surface area (Å²) < 4.78 is 27.2. The Morgan fingerprint density at radius 2 is 1.54 bits per heavy atom. The van der Waals surface area contributed by atoms with Gasteiger partial charge in [0.15, 0.2) is 0 Å². The standard InChI is InChI=1S/C20H19NO2S/c1-16(19-12-11-18-9-5-6-10-20(18)15-19)21-24(22,23)14-13-17-7-3-2-4-8-17/h2-16,21H,1H3. The molecule has 24 heavy (non-hydrogen) atoms. The summed E-state index contributed by atoms with van der Waals surface area (Å²) in [7, 11) is -3.51. The van der Waals surface area contributed by atoms with E-state index in [-0.39, 0.29) is 6.04 Å². The lowest BCUT2D eigenvalue weighted by Gasteiger charge is -2.13. The maximum Gasteiger partial charge on any atom is 0.234 e. The zero-order chi connectivity index (χ0) is 17.0. The summed E-state index contributed by atoms with van der Waals surface area (Å²) in [6.45, 7) is 1.85. The second kappa shape index (κ2) is 6.99. The van der Waals surface area contributed by atoms with Crippen molar-refractivity contribution in [2.24, 2.45) is 0 Å². The third-order valence-corrected chi connectivity index (χ3v) is 5.03. The second-order valence-electron chi connectivity index (χ2n) is 5.70. The minimum atomic E-state index is -3.51. The summed E-state index contributed by atoms with van der Waals surface area (Å²) in [5.41, 5.74) is 1.78. The highest BCUT2D eigenvalue weighted by Gasteiger charge is 2.13. The molecule has 1 N–H and O–H groups in total. The molecular formula is C20H19NO2S. The molecule has 0 radical (unpaired) electrons. The van der Waals surface area contributed by atoms with Crippen molar-refractivity contribution in [3.63, 3.8) is 0 Å². The summed E-state index contributed by atoms with van der Waals surface area (Å²) in [6.07, 6.45) is 1.59. The van der Waals surface area contributed by atoms with Crippen molar-refractivity contribution >= 4 is 26.9 Å². The first-order valence-corrected chi connectivity index (χ1v) is 9.32. The zero-order valence-corrected chi connectivity index (χ0v) is 14.2. The Balaban J connectivity index is 1.77. The molecule has 0 aliphatic carbocycles. The van der Waals surface area contributed by atoms with Crippen LogP contribution in [-0.4, -0.2) is 8.42 Å². The zero-order valence-electron chi connectivity index (χ0n) is 13.4. The molecule has 0 amide bonds. The molecule has 0 aliphatic heterocycles. The summed E-state index contributed by atoms with van der Waals surface area (Å²) in [5, 5.41) is 3.45. The Morgan fingerprint density at radius 1 is 0.875 bits per heavy atom. The van der Waals surface area contributed by atoms with Crippen LogP contribution in [-0.2, 0) is 10.0 Å². The largest absolute Gasteiger partial charge is 0.234 e. The highest BCUT2D eigenvalue weighted by atomic mass is 32.2. The average Bonchev–Trinajstić information content (AvgIpc) is 2.60. The van der Waals surface area contributed by atoms with E-state index in [4.69, 9.17) is 0 Å². The quantitative estimate of drug-likeness (QED) is 0.745. The number of fused-ring (bicyclic) bond motifs is 1. The predicted octanol–water partition coefficient (Wildman–Crippen LogP) is 4.49. The molecule has 1 unspecified atom stereocenters. The van der Waals surface area contributed by atoms with Crippen LogP contribution in [0.3, 0.4) is 0 Å². The Morgan fingerprint density at radius 3 is 2.29 bits per heavy atom. The molecule has 0 saturated carbocycles. The molecular weight excluding hydrogens is 318 g/mol. The Kier molecular flexibility index (Phi) is 4.79. The molecule has 0 spiro atoms. The van der Waals surface area contributed by atoms with Gasteiger partial charge in [0, 0.05) is 11.4 Å².